The maximum absolute atomic E-state index is 9.85. The van der Waals surface area contributed by atoms with Crippen LogP contribution in [0.5, 0.6) is 5.75 Å². The monoisotopic (exact) mass is 220 g/mol. The van der Waals surface area contributed by atoms with Gasteiger partial charge >= 0.3 is 0 Å². The van der Waals surface area contributed by atoms with E-state index in [0.717, 1.165) is 37.0 Å². The molecule has 0 aliphatic heterocycles. The lowest BCUT2D eigenvalue weighted by Gasteiger charge is -2.28. The van der Waals surface area contributed by atoms with E-state index < -0.39 is 0 Å². The van der Waals surface area contributed by atoms with E-state index in [1.807, 2.05) is 6.07 Å². The first-order chi connectivity index (χ1) is 7.66. The van der Waals surface area contributed by atoms with Crippen molar-refractivity contribution in [3.05, 3.63) is 29.3 Å². The molecule has 1 aliphatic carbocycles. The van der Waals surface area contributed by atoms with Crippen LogP contribution in [0.15, 0.2) is 18.2 Å². The number of aryl methyl sites for hydroxylation is 2. The van der Waals surface area contributed by atoms with Crippen LogP contribution in [-0.2, 0) is 0 Å². The molecule has 1 fully saturated rings. The van der Waals surface area contributed by atoms with E-state index in [1.54, 1.807) is 0 Å². The van der Waals surface area contributed by atoms with E-state index in [9.17, 15) is 5.11 Å². The van der Waals surface area contributed by atoms with Gasteiger partial charge in [-0.05, 0) is 44.7 Å². The highest BCUT2D eigenvalue weighted by atomic mass is 16.5. The van der Waals surface area contributed by atoms with E-state index in [4.69, 9.17) is 4.74 Å². The standard InChI is InChI=1S/C14H20O2/c1-10-7-8-13(11(2)9-10)16-14-6-4-3-5-12(14)15/h7-9,12,14-15H,3-6H2,1-2H3. The van der Waals surface area contributed by atoms with Crippen LogP contribution in [0.1, 0.15) is 36.8 Å². The second kappa shape index (κ2) is 4.88. The van der Waals surface area contributed by atoms with E-state index in [1.165, 1.54) is 5.56 Å². The minimum absolute atomic E-state index is 0.0184. The largest absolute Gasteiger partial charge is 0.487 e. The average molecular weight is 220 g/mol. The van der Waals surface area contributed by atoms with Crippen molar-refractivity contribution in [1.82, 2.24) is 0 Å². The van der Waals surface area contributed by atoms with Gasteiger partial charge in [0.25, 0.3) is 0 Å². The number of ether oxygens (including phenoxy) is 1. The average Bonchev–Trinajstić information content (AvgIpc) is 2.25. The van der Waals surface area contributed by atoms with Gasteiger partial charge < -0.3 is 9.84 Å². The summed E-state index contributed by atoms with van der Waals surface area (Å²) in [5.41, 5.74) is 2.40. The summed E-state index contributed by atoms with van der Waals surface area (Å²) in [6, 6.07) is 6.17. The summed E-state index contributed by atoms with van der Waals surface area (Å²) in [6.07, 6.45) is 3.80. The van der Waals surface area contributed by atoms with Crippen molar-refractivity contribution in [3.8, 4) is 5.75 Å². The van der Waals surface area contributed by atoms with Crippen molar-refractivity contribution in [2.75, 3.05) is 0 Å². The van der Waals surface area contributed by atoms with Gasteiger partial charge in [0.05, 0.1) is 6.10 Å². The van der Waals surface area contributed by atoms with Crippen LogP contribution in [0.25, 0.3) is 0 Å². The van der Waals surface area contributed by atoms with Gasteiger partial charge in [-0.1, -0.05) is 24.1 Å². The first-order valence-electron chi connectivity index (χ1n) is 6.09. The SMILES string of the molecule is Cc1ccc(OC2CCCCC2O)c(C)c1. The van der Waals surface area contributed by atoms with Crippen LogP contribution in [0.2, 0.25) is 0 Å². The van der Waals surface area contributed by atoms with Gasteiger partial charge in [0.15, 0.2) is 0 Å². The highest BCUT2D eigenvalue weighted by Gasteiger charge is 2.24. The Morgan fingerprint density at radius 3 is 2.62 bits per heavy atom. The molecular weight excluding hydrogens is 200 g/mol. The number of aliphatic hydroxyl groups is 1. The van der Waals surface area contributed by atoms with Crippen molar-refractivity contribution in [2.45, 2.75) is 51.7 Å². The molecule has 0 saturated heterocycles. The second-order valence-electron chi connectivity index (χ2n) is 4.78. The molecule has 2 heteroatoms. The van der Waals surface area contributed by atoms with Crippen molar-refractivity contribution in [2.24, 2.45) is 0 Å². The summed E-state index contributed by atoms with van der Waals surface area (Å²) in [6.45, 7) is 4.13. The Labute approximate surface area is 97.3 Å². The maximum atomic E-state index is 9.85. The third-order valence-corrected chi connectivity index (χ3v) is 3.28. The third-order valence-electron chi connectivity index (χ3n) is 3.28. The van der Waals surface area contributed by atoms with Gasteiger partial charge in [-0.15, -0.1) is 0 Å². The molecule has 1 aromatic carbocycles. The zero-order valence-electron chi connectivity index (χ0n) is 10.1. The lowest BCUT2D eigenvalue weighted by molar-refractivity contribution is 0.00654. The van der Waals surface area contributed by atoms with Crippen molar-refractivity contribution < 1.29 is 9.84 Å². The number of benzene rings is 1. The summed E-state index contributed by atoms with van der Waals surface area (Å²) >= 11 is 0. The molecule has 1 aliphatic rings. The van der Waals surface area contributed by atoms with Crippen LogP contribution < -0.4 is 4.74 Å². The quantitative estimate of drug-likeness (QED) is 0.830. The molecule has 0 aromatic heterocycles. The van der Waals surface area contributed by atoms with Crippen molar-refractivity contribution in [3.63, 3.8) is 0 Å². The summed E-state index contributed by atoms with van der Waals surface area (Å²) in [4.78, 5) is 0. The molecule has 16 heavy (non-hydrogen) atoms. The molecule has 2 unspecified atom stereocenters. The van der Waals surface area contributed by atoms with Gasteiger partial charge in [0, 0.05) is 0 Å². The summed E-state index contributed by atoms with van der Waals surface area (Å²) in [7, 11) is 0. The highest BCUT2D eigenvalue weighted by Crippen LogP contribution is 2.26. The molecule has 88 valence electrons. The minimum Gasteiger partial charge on any atom is -0.487 e. The highest BCUT2D eigenvalue weighted by molar-refractivity contribution is 5.35. The molecule has 2 nitrogen and oxygen atoms in total. The molecule has 0 heterocycles. The molecule has 2 atom stereocenters. The van der Waals surface area contributed by atoms with E-state index in [2.05, 4.69) is 26.0 Å². The van der Waals surface area contributed by atoms with Gasteiger partial charge in [-0.3, -0.25) is 0 Å². The molecule has 0 radical (unpaired) electrons. The van der Waals surface area contributed by atoms with Crippen LogP contribution in [0, 0.1) is 13.8 Å². The summed E-state index contributed by atoms with van der Waals surface area (Å²) < 4.78 is 5.90. The van der Waals surface area contributed by atoms with Crippen LogP contribution in [0.4, 0.5) is 0 Å². The Morgan fingerprint density at radius 2 is 1.94 bits per heavy atom. The predicted octanol–water partition coefficient (Wildman–Crippen LogP) is 2.99. The van der Waals surface area contributed by atoms with Gasteiger partial charge in [-0.2, -0.15) is 0 Å². The molecule has 0 spiro atoms. The van der Waals surface area contributed by atoms with E-state index >= 15 is 0 Å². The van der Waals surface area contributed by atoms with E-state index in [0.29, 0.717) is 0 Å². The zero-order chi connectivity index (χ0) is 11.5. The fourth-order valence-corrected chi connectivity index (χ4v) is 2.31. The number of aliphatic hydroxyl groups excluding tert-OH is 1. The third kappa shape index (κ3) is 2.56. The Morgan fingerprint density at radius 1 is 1.19 bits per heavy atom. The molecular formula is C14H20O2. The van der Waals surface area contributed by atoms with Crippen molar-refractivity contribution >= 4 is 0 Å². The number of hydrogen-bond donors (Lipinski definition) is 1. The molecule has 0 amide bonds. The molecule has 1 N–H and O–H groups in total. The van der Waals surface area contributed by atoms with Crippen LogP contribution >= 0.6 is 0 Å². The number of rotatable bonds is 2. The van der Waals surface area contributed by atoms with Gasteiger partial charge in [0.1, 0.15) is 11.9 Å². The van der Waals surface area contributed by atoms with Gasteiger partial charge in [0.2, 0.25) is 0 Å². The molecule has 0 bridgehead atoms. The fourth-order valence-electron chi connectivity index (χ4n) is 2.31. The topological polar surface area (TPSA) is 29.5 Å². The zero-order valence-corrected chi connectivity index (χ0v) is 10.1. The Hall–Kier alpha value is -1.02. The Bertz CT molecular complexity index is 360. The normalized spacial score (nSPS) is 25.4. The summed E-state index contributed by atoms with van der Waals surface area (Å²) in [5, 5.41) is 9.85. The molecule has 1 saturated carbocycles. The van der Waals surface area contributed by atoms with Crippen LogP contribution in [0.3, 0.4) is 0 Å². The Balaban J connectivity index is 2.07. The lowest BCUT2D eigenvalue weighted by atomic mass is 9.95. The van der Waals surface area contributed by atoms with Crippen molar-refractivity contribution in [1.29, 1.82) is 0 Å². The number of hydrogen-bond acceptors (Lipinski definition) is 2. The smallest absolute Gasteiger partial charge is 0.124 e. The maximum Gasteiger partial charge on any atom is 0.124 e. The van der Waals surface area contributed by atoms with Crippen LogP contribution in [-0.4, -0.2) is 17.3 Å². The first-order valence-corrected chi connectivity index (χ1v) is 6.09. The fraction of sp³-hybridized carbons (Fsp3) is 0.571. The summed E-state index contributed by atoms with van der Waals surface area (Å²) in [5.74, 6) is 0.913. The minimum atomic E-state index is -0.297. The predicted molar refractivity (Wildman–Crippen MR) is 64.8 cm³/mol. The van der Waals surface area contributed by atoms with E-state index in [-0.39, 0.29) is 12.2 Å². The Kier molecular flexibility index (Phi) is 3.49. The molecule has 2 rings (SSSR count). The second-order valence-corrected chi connectivity index (χ2v) is 4.78. The first kappa shape index (κ1) is 11.5. The van der Waals surface area contributed by atoms with Gasteiger partial charge in [-0.25, -0.2) is 0 Å². The lowest BCUT2D eigenvalue weighted by Crippen LogP contribution is -2.34. The molecule has 1 aromatic rings.